The van der Waals surface area contributed by atoms with Crippen LogP contribution >= 0.6 is 11.8 Å². The lowest BCUT2D eigenvalue weighted by atomic mass is 9.98. The van der Waals surface area contributed by atoms with Gasteiger partial charge in [0.1, 0.15) is 0 Å². The molecule has 0 aliphatic carbocycles. The summed E-state index contributed by atoms with van der Waals surface area (Å²) in [6, 6.07) is 10.5. The number of likely N-dealkylation sites (tertiary alicyclic amines) is 1. The average Bonchev–Trinajstić information content (AvgIpc) is 2.76. The Balaban J connectivity index is 1.44. The number of anilines is 2. The Morgan fingerprint density at radius 3 is 2.61 bits per heavy atom. The fourth-order valence-corrected chi connectivity index (χ4v) is 5.31. The molecule has 0 atom stereocenters. The Hall–Kier alpha value is -1.74. The van der Waals surface area contributed by atoms with Crippen molar-refractivity contribution >= 4 is 23.1 Å². The van der Waals surface area contributed by atoms with Gasteiger partial charge in [0.25, 0.3) is 0 Å². The van der Waals surface area contributed by atoms with E-state index in [9.17, 15) is 13.2 Å². The van der Waals surface area contributed by atoms with Crippen molar-refractivity contribution in [3.05, 3.63) is 47.5 Å². The van der Waals surface area contributed by atoms with Crippen LogP contribution in [0.2, 0.25) is 0 Å². The molecule has 0 spiro atoms. The number of hydrogen-bond acceptors (Lipinski definition) is 5. The van der Waals surface area contributed by atoms with Gasteiger partial charge in [0, 0.05) is 22.9 Å². The summed E-state index contributed by atoms with van der Waals surface area (Å²) < 4.78 is 46.9. The van der Waals surface area contributed by atoms with Crippen LogP contribution in [0.15, 0.2) is 46.2 Å². The van der Waals surface area contributed by atoms with Crippen LogP contribution < -0.4 is 5.32 Å². The number of ether oxygens (including phenoxy) is 1. The topological polar surface area (TPSA) is 44.7 Å². The highest BCUT2D eigenvalue weighted by molar-refractivity contribution is 7.99. The van der Waals surface area contributed by atoms with Crippen LogP contribution in [0.5, 0.6) is 0 Å². The fourth-order valence-electron chi connectivity index (χ4n) is 4.28. The second-order valence-corrected chi connectivity index (χ2v) is 9.01. The Morgan fingerprint density at radius 1 is 1.10 bits per heavy atom. The molecule has 8 heteroatoms. The number of fused-ring (bicyclic) bond motifs is 2. The van der Waals surface area contributed by atoms with Crippen molar-refractivity contribution < 1.29 is 23.0 Å². The summed E-state index contributed by atoms with van der Waals surface area (Å²) in [4.78, 5) is 4.15. The molecule has 0 aromatic heterocycles. The third-order valence-electron chi connectivity index (χ3n) is 5.83. The highest BCUT2D eigenvalue weighted by Crippen LogP contribution is 2.48. The maximum atomic E-state index is 13.8. The molecular formula is C23H27F3N2O2S. The van der Waals surface area contributed by atoms with Crippen LogP contribution in [0.4, 0.5) is 24.5 Å². The van der Waals surface area contributed by atoms with Gasteiger partial charge in [-0.2, -0.15) is 13.2 Å². The highest BCUT2D eigenvalue weighted by atomic mass is 32.2. The van der Waals surface area contributed by atoms with Gasteiger partial charge in [-0.15, -0.1) is 0 Å². The summed E-state index contributed by atoms with van der Waals surface area (Å²) in [6.45, 7) is 2.89. The second-order valence-electron chi connectivity index (χ2n) is 7.92. The molecule has 0 unspecified atom stereocenters. The van der Waals surface area contributed by atoms with E-state index in [1.54, 1.807) is 6.07 Å². The Kier molecular flexibility index (Phi) is 7.11. The van der Waals surface area contributed by atoms with Crippen molar-refractivity contribution in [2.45, 2.75) is 47.8 Å². The van der Waals surface area contributed by atoms with Crippen LogP contribution in [0.1, 0.15) is 30.4 Å². The van der Waals surface area contributed by atoms with Gasteiger partial charge in [-0.05, 0) is 62.1 Å². The number of nitrogens with one attached hydrogen (secondary N) is 1. The Morgan fingerprint density at radius 2 is 1.87 bits per heavy atom. The van der Waals surface area contributed by atoms with Gasteiger partial charge in [-0.1, -0.05) is 23.9 Å². The normalized spacial score (nSPS) is 17.2. The molecule has 0 bridgehead atoms. The average molecular weight is 453 g/mol. The first-order chi connectivity index (χ1) is 15.0. The van der Waals surface area contributed by atoms with Gasteiger partial charge in [-0.25, -0.2) is 0 Å². The van der Waals surface area contributed by atoms with Crippen molar-refractivity contribution in [3.8, 4) is 0 Å². The van der Waals surface area contributed by atoms with E-state index in [2.05, 4.69) is 10.2 Å². The van der Waals surface area contributed by atoms with Crippen molar-refractivity contribution in [1.29, 1.82) is 0 Å². The molecule has 4 rings (SSSR count). The lowest BCUT2D eigenvalue weighted by Crippen LogP contribution is -2.38. The molecule has 0 saturated carbocycles. The smallest absolute Gasteiger partial charge is 0.394 e. The predicted molar refractivity (Wildman–Crippen MR) is 116 cm³/mol. The predicted octanol–water partition coefficient (Wildman–Crippen LogP) is 5.32. The van der Waals surface area contributed by atoms with Crippen LogP contribution in [0.3, 0.4) is 0 Å². The van der Waals surface area contributed by atoms with E-state index in [4.69, 9.17) is 9.84 Å². The molecule has 2 aromatic carbocycles. The van der Waals surface area contributed by atoms with E-state index < -0.39 is 11.7 Å². The molecule has 2 heterocycles. The second kappa shape index (κ2) is 9.81. The maximum absolute atomic E-state index is 13.8. The summed E-state index contributed by atoms with van der Waals surface area (Å²) in [5.74, 6) is 0. The number of hydrogen-bond donors (Lipinski definition) is 2. The number of para-hydroxylation sites is 1. The first-order valence-corrected chi connectivity index (χ1v) is 11.5. The minimum Gasteiger partial charge on any atom is -0.394 e. The zero-order chi connectivity index (χ0) is 21.8. The summed E-state index contributed by atoms with van der Waals surface area (Å²) in [5, 5.41) is 12.1. The molecule has 1 saturated heterocycles. The van der Waals surface area contributed by atoms with Gasteiger partial charge < -0.3 is 20.1 Å². The maximum Gasteiger partial charge on any atom is 0.416 e. The first kappa shape index (κ1) is 22.5. The number of alkyl halides is 3. The number of rotatable bonds is 7. The summed E-state index contributed by atoms with van der Waals surface area (Å²) >= 11 is 1.51. The fraction of sp³-hybridized carbons (Fsp3) is 0.478. The van der Waals surface area contributed by atoms with E-state index in [0.29, 0.717) is 30.7 Å². The van der Waals surface area contributed by atoms with Crippen LogP contribution in [0.25, 0.3) is 0 Å². The Bertz CT molecular complexity index is 899. The molecule has 0 amide bonds. The molecule has 2 aliphatic rings. The quantitative estimate of drug-likeness (QED) is 0.508. The van der Waals surface area contributed by atoms with E-state index in [0.717, 1.165) is 48.0 Å². The van der Waals surface area contributed by atoms with Crippen molar-refractivity contribution in [2.24, 2.45) is 0 Å². The van der Waals surface area contributed by atoms with Gasteiger partial charge >= 0.3 is 6.18 Å². The number of halogens is 3. The van der Waals surface area contributed by atoms with Crippen molar-refractivity contribution in [2.75, 3.05) is 38.2 Å². The third-order valence-corrected chi connectivity index (χ3v) is 6.96. The van der Waals surface area contributed by atoms with E-state index >= 15 is 0 Å². The first-order valence-electron chi connectivity index (χ1n) is 10.7. The monoisotopic (exact) mass is 452 g/mol. The van der Waals surface area contributed by atoms with E-state index in [-0.39, 0.29) is 12.7 Å². The SMILES string of the molecule is OCCOC1CCN(CCCc2c(C(F)(F)F)ccc3c2Nc2ccccc2S3)CC1. The highest BCUT2D eigenvalue weighted by Gasteiger charge is 2.35. The van der Waals surface area contributed by atoms with E-state index in [1.807, 2.05) is 24.3 Å². The third kappa shape index (κ3) is 5.37. The zero-order valence-corrected chi connectivity index (χ0v) is 18.1. The van der Waals surface area contributed by atoms with Gasteiger partial charge in [0.05, 0.1) is 36.3 Å². The van der Waals surface area contributed by atoms with Gasteiger partial charge in [-0.3, -0.25) is 0 Å². The lowest BCUT2D eigenvalue weighted by Gasteiger charge is -2.32. The minimum absolute atomic E-state index is 0.0277. The number of piperidine rings is 1. The summed E-state index contributed by atoms with van der Waals surface area (Å²) in [5.41, 5.74) is 1.25. The molecule has 168 valence electrons. The standard InChI is InChI=1S/C23H27F3N2O2S/c24-23(25,26)18-7-8-21-22(27-19-5-1-2-6-20(19)31-21)17(18)4-3-11-28-12-9-16(10-13-28)30-15-14-29/h1-2,5-8,16,27,29H,3-4,9-15H2. The molecule has 2 aromatic rings. The van der Waals surface area contributed by atoms with Crippen LogP contribution in [-0.2, 0) is 17.3 Å². The molecule has 2 N–H and O–H groups in total. The van der Waals surface area contributed by atoms with Gasteiger partial charge in [0.15, 0.2) is 0 Å². The van der Waals surface area contributed by atoms with Crippen LogP contribution in [0, 0.1) is 0 Å². The number of aliphatic hydroxyl groups excluding tert-OH is 1. The molecule has 1 fully saturated rings. The summed E-state index contributed by atoms with van der Waals surface area (Å²) in [6.07, 6.45) is -1.39. The van der Waals surface area contributed by atoms with Crippen LogP contribution in [-0.4, -0.2) is 49.0 Å². The molecule has 31 heavy (non-hydrogen) atoms. The number of benzene rings is 2. The lowest BCUT2D eigenvalue weighted by molar-refractivity contribution is -0.138. The van der Waals surface area contributed by atoms with E-state index in [1.165, 1.54) is 17.8 Å². The molecule has 0 radical (unpaired) electrons. The van der Waals surface area contributed by atoms with Crippen molar-refractivity contribution in [1.82, 2.24) is 4.90 Å². The van der Waals surface area contributed by atoms with Crippen molar-refractivity contribution in [3.63, 3.8) is 0 Å². The molecule has 4 nitrogen and oxygen atoms in total. The number of nitrogens with zero attached hydrogens (tertiary/aromatic N) is 1. The molecule has 2 aliphatic heterocycles. The largest absolute Gasteiger partial charge is 0.416 e. The molecular weight excluding hydrogens is 425 g/mol. The van der Waals surface area contributed by atoms with Gasteiger partial charge in [0.2, 0.25) is 0 Å². The number of aliphatic hydroxyl groups is 1. The Labute approximate surface area is 184 Å². The minimum atomic E-state index is -4.38. The zero-order valence-electron chi connectivity index (χ0n) is 17.3. The summed E-state index contributed by atoms with van der Waals surface area (Å²) in [7, 11) is 0.